The van der Waals surface area contributed by atoms with E-state index in [-0.39, 0.29) is 0 Å². The highest BCUT2D eigenvalue weighted by Crippen LogP contribution is 2.41. The van der Waals surface area contributed by atoms with E-state index in [1.807, 2.05) is 42.5 Å². The molecule has 5 nitrogen and oxygen atoms in total. The van der Waals surface area contributed by atoms with Gasteiger partial charge in [0.2, 0.25) is 5.95 Å². The van der Waals surface area contributed by atoms with Gasteiger partial charge < -0.3 is 8.83 Å². The Morgan fingerprint density at radius 2 is 1.19 bits per heavy atom. The molecule has 0 saturated heterocycles. The lowest BCUT2D eigenvalue weighted by molar-refractivity contribution is 0.667. The number of aromatic nitrogens is 3. The Labute approximate surface area is 244 Å². The Morgan fingerprint density at radius 3 is 2.07 bits per heavy atom. The summed E-state index contributed by atoms with van der Waals surface area (Å²) < 4.78 is 15.3. The molecule has 6 aromatic carbocycles. The molecule has 0 N–H and O–H groups in total. The van der Waals surface area contributed by atoms with Crippen molar-refractivity contribution in [3.05, 3.63) is 127 Å². The van der Waals surface area contributed by atoms with Crippen molar-refractivity contribution in [1.29, 1.82) is 0 Å². The Balaban J connectivity index is 1.40. The molecule has 0 aliphatic heterocycles. The fourth-order valence-corrected chi connectivity index (χ4v) is 6.65. The lowest BCUT2D eigenvalue weighted by Gasteiger charge is -2.09. The molecule has 0 radical (unpaired) electrons. The van der Waals surface area contributed by atoms with Gasteiger partial charge in [0.05, 0.1) is 5.52 Å². The number of nitrogens with zero attached hydrogens (tertiary/aromatic N) is 3. The third-order valence-corrected chi connectivity index (χ3v) is 8.60. The Bertz CT molecular complexity index is 2730. The zero-order chi connectivity index (χ0) is 28.1. The quantitative estimate of drug-likeness (QED) is 0.214. The summed E-state index contributed by atoms with van der Waals surface area (Å²) in [4.78, 5) is 10.5. The Hall–Kier alpha value is -5.94. The van der Waals surface area contributed by atoms with Crippen molar-refractivity contribution in [2.45, 2.75) is 0 Å². The first-order valence-corrected chi connectivity index (χ1v) is 14.3. The smallest absolute Gasteiger partial charge is 0.236 e. The number of fused-ring (bicyclic) bond motifs is 11. The molecule has 4 heterocycles. The summed E-state index contributed by atoms with van der Waals surface area (Å²) in [7, 11) is 0. The lowest BCUT2D eigenvalue weighted by atomic mass is 10.1. The van der Waals surface area contributed by atoms with Gasteiger partial charge in [-0.25, -0.2) is 9.97 Å². The minimum atomic E-state index is 0.571. The molecule has 0 saturated carbocycles. The molecule has 0 unspecified atom stereocenters. The SMILES string of the molecule is c1ccc(-c2nc(-n3c4ccccc4c4ccc5c6ccccc6oc5c43)nc3c2oc2cc4ccccc4cc23)cc1. The molecule has 5 heteroatoms. The van der Waals surface area contributed by atoms with E-state index < -0.39 is 0 Å². The number of furan rings is 2. The molecule has 0 bridgehead atoms. The maximum atomic E-state index is 6.57. The molecule has 0 spiro atoms. The van der Waals surface area contributed by atoms with E-state index in [2.05, 4.69) is 89.5 Å². The van der Waals surface area contributed by atoms with Crippen molar-refractivity contribution >= 4 is 76.6 Å². The maximum Gasteiger partial charge on any atom is 0.236 e. The summed E-state index contributed by atoms with van der Waals surface area (Å²) in [5.74, 6) is 0.571. The van der Waals surface area contributed by atoms with Crippen LogP contribution in [0.1, 0.15) is 0 Å². The van der Waals surface area contributed by atoms with Gasteiger partial charge in [0.25, 0.3) is 0 Å². The number of hydrogen-bond donors (Lipinski definition) is 0. The van der Waals surface area contributed by atoms with Crippen LogP contribution in [0.3, 0.4) is 0 Å². The van der Waals surface area contributed by atoms with Gasteiger partial charge in [-0.15, -0.1) is 0 Å². The van der Waals surface area contributed by atoms with Gasteiger partial charge >= 0.3 is 0 Å². The van der Waals surface area contributed by atoms with Crippen LogP contribution in [-0.4, -0.2) is 14.5 Å². The minimum Gasteiger partial charge on any atom is -0.454 e. The minimum absolute atomic E-state index is 0.571. The molecule has 43 heavy (non-hydrogen) atoms. The second-order valence-corrected chi connectivity index (χ2v) is 11.0. The lowest BCUT2D eigenvalue weighted by Crippen LogP contribution is -2.03. The molecule has 10 aromatic rings. The topological polar surface area (TPSA) is 57.0 Å². The molecule has 0 fully saturated rings. The van der Waals surface area contributed by atoms with Crippen molar-refractivity contribution in [3.63, 3.8) is 0 Å². The van der Waals surface area contributed by atoms with Crippen LogP contribution in [0.25, 0.3) is 93.8 Å². The number of benzene rings is 6. The van der Waals surface area contributed by atoms with Gasteiger partial charge in [-0.1, -0.05) is 97.1 Å². The number of para-hydroxylation sites is 2. The van der Waals surface area contributed by atoms with Crippen molar-refractivity contribution < 1.29 is 8.83 Å². The summed E-state index contributed by atoms with van der Waals surface area (Å²) in [5.41, 5.74) is 7.62. The van der Waals surface area contributed by atoms with E-state index in [0.29, 0.717) is 11.5 Å². The highest BCUT2D eigenvalue weighted by Gasteiger charge is 2.23. The van der Waals surface area contributed by atoms with E-state index >= 15 is 0 Å². The monoisotopic (exact) mass is 551 g/mol. The van der Waals surface area contributed by atoms with Crippen LogP contribution in [0.4, 0.5) is 0 Å². The molecule has 0 atom stereocenters. The summed E-state index contributed by atoms with van der Waals surface area (Å²) in [6.07, 6.45) is 0. The second kappa shape index (κ2) is 8.30. The van der Waals surface area contributed by atoms with E-state index in [1.54, 1.807) is 0 Å². The van der Waals surface area contributed by atoms with Crippen molar-refractivity contribution in [1.82, 2.24) is 14.5 Å². The van der Waals surface area contributed by atoms with Crippen LogP contribution >= 0.6 is 0 Å². The van der Waals surface area contributed by atoms with Gasteiger partial charge in [0.1, 0.15) is 27.9 Å². The van der Waals surface area contributed by atoms with Crippen LogP contribution in [-0.2, 0) is 0 Å². The predicted molar refractivity (Wildman–Crippen MR) is 174 cm³/mol. The van der Waals surface area contributed by atoms with Crippen LogP contribution in [0.5, 0.6) is 0 Å². The van der Waals surface area contributed by atoms with Crippen LogP contribution in [0, 0.1) is 0 Å². The molecule has 0 aliphatic rings. The van der Waals surface area contributed by atoms with E-state index in [0.717, 1.165) is 82.3 Å². The zero-order valence-electron chi connectivity index (χ0n) is 22.8. The summed E-state index contributed by atoms with van der Waals surface area (Å²) in [5, 5.41) is 7.59. The normalized spacial score (nSPS) is 12.2. The molecular weight excluding hydrogens is 530 g/mol. The maximum absolute atomic E-state index is 6.57. The molecule has 0 aliphatic carbocycles. The molecule has 10 rings (SSSR count). The molecule has 4 aromatic heterocycles. The van der Waals surface area contributed by atoms with Crippen molar-refractivity contribution in [2.75, 3.05) is 0 Å². The number of rotatable bonds is 2. The van der Waals surface area contributed by atoms with Crippen LogP contribution < -0.4 is 0 Å². The third-order valence-electron chi connectivity index (χ3n) is 8.60. The first kappa shape index (κ1) is 22.7. The van der Waals surface area contributed by atoms with Crippen LogP contribution in [0.2, 0.25) is 0 Å². The standard InChI is InChI=1S/C38H21N3O2/c1-2-10-22(11-3-1)33-37-34(29-20-23-12-4-5-13-24(23)21-32(29)43-37)40-38(39-33)41-30-16-8-6-14-25(30)27-18-19-28-26-15-7-9-17-31(26)42-36(28)35(27)41/h1-21H. The van der Waals surface area contributed by atoms with E-state index in [1.165, 1.54) is 0 Å². The van der Waals surface area contributed by atoms with Gasteiger partial charge in [-0.2, -0.15) is 0 Å². The highest BCUT2D eigenvalue weighted by atomic mass is 16.3. The van der Waals surface area contributed by atoms with Crippen molar-refractivity contribution in [3.8, 4) is 17.2 Å². The van der Waals surface area contributed by atoms with Gasteiger partial charge in [0, 0.05) is 32.5 Å². The largest absolute Gasteiger partial charge is 0.454 e. The van der Waals surface area contributed by atoms with Gasteiger partial charge in [-0.05, 0) is 41.1 Å². The molecule has 200 valence electrons. The molecule has 0 amide bonds. The first-order chi connectivity index (χ1) is 21.3. The average molecular weight is 552 g/mol. The highest BCUT2D eigenvalue weighted by molar-refractivity contribution is 6.21. The van der Waals surface area contributed by atoms with Gasteiger partial charge in [0.15, 0.2) is 11.2 Å². The summed E-state index contributed by atoms with van der Waals surface area (Å²) in [6.45, 7) is 0. The first-order valence-electron chi connectivity index (χ1n) is 14.3. The predicted octanol–water partition coefficient (Wildman–Crippen LogP) is 10.2. The second-order valence-electron chi connectivity index (χ2n) is 11.0. The van der Waals surface area contributed by atoms with Crippen molar-refractivity contribution in [2.24, 2.45) is 0 Å². The van der Waals surface area contributed by atoms with E-state index in [4.69, 9.17) is 18.8 Å². The van der Waals surface area contributed by atoms with Gasteiger partial charge in [-0.3, -0.25) is 4.57 Å². The fourth-order valence-electron chi connectivity index (χ4n) is 6.65. The summed E-state index contributed by atoms with van der Waals surface area (Å²) >= 11 is 0. The Morgan fingerprint density at radius 1 is 0.488 bits per heavy atom. The molecular formula is C38H21N3O2. The van der Waals surface area contributed by atoms with E-state index in [9.17, 15) is 0 Å². The average Bonchev–Trinajstić information content (AvgIpc) is 3.73. The number of hydrogen-bond acceptors (Lipinski definition) is 4. The zero-order valence-corrected chi connectivity index (χ0v) is 22.8. The third kappa shape index (κ3) is 3.11. The van der Waals surface area contributed by atoms with Crippen LogP contribution in [0.15, 0.2) is 136 Å². The summed E-state index contributed by atoms with van der Waals surface area (Å²) in [6, 6.07) is 43.8. The Kier molecular flexibility index (Phi) is 4.39. The fraction of sp³-hybridized carbons (Fsp3) is 0.